The number of sulfone groups is 1. The molecule has 8 heteroatoms. The molecule has 2 rings (SSSR count). The normalized spacial score (nSPS) is 12.3. The van der Waals surface area contributed by atoms with Crippen LogP contribution in [0, 0.1) is 6.92 Å². The number of ether oxygens (including phenoxy) is 1. The fraction of sp³-hybridized carbons (Fsp3) is 0.435. The summed E-state index contributed by atoms with van der Waals surface area (Å²) in [5.74, 6) is 0.677. The van der Waals surface area contributed by atoms with Gasteiger partial charge in [-0.1, -0.05) is 36.4 Å². The number of nitrogens with zero attached hydrogens (tertiary/aromatic N) is 1. The van der Waals surface area contributed by atoms with Crippen LogP contribution >= 0.6 is 24.0 Å². The average molecular weight is 560 g/mol. The summed E-state index contributed by atoms with van der Waals surface area (Å²) in [5, 5.41) is 6.57. The summed E-state index contributed by atoms with van der Waals surface area (Å²) in [5.41, 5.74) is 3.84. The minimum absolute atomic E-state index is 0. The second-order valence-corrected chi connectivity index (χ2v) is 10.4. The largest absolute Gasteiger partial charge is 0.371 e. The molecule has 0 unspecified atom stereocenters. The number of benzene rings is 2. The summed E-state index contributed by atoms with van der Waals surface area (Å²) in [6.45, 7) is 9.70. The van der Waals surface area contributed by atoms with E-state index in [9.17, 15) is 8.42 Å². The van der Waals surface area contributed by atoms with Crippen molar-refractivity contribution in [3.8, 4) is 0 Å². The van der Waals surface area contributed by atoms with Crippen LogP contribution in [0.25, 0.3) is 0 Å². The zero-order valence-corrected chi connectivity index (χ0v) is 22.3. The van der Waals surface area contributed by atoms with Crippen molar-refractivity contribution < 1.29 is 13.2 Å². The van der Waals surface area contributed by atoms with Gasteiger partial charge in [-0.05, 0) is 56.0 Å². The Labute approximate surface area is 203 Å². The van der Waals surface area contributed by atoms with Crippen LogP contribution < -0.4 is 10.6 Å². The Kier molecular flexibility index (Phi) is 10.4. The lowest BCUT2D eigenvalue weighted by molar-refractivity contribution is -0.0149. The van der Waals surface area contributed by atoms with Gasteiger partial charge in [0.15, 0.2) is 15.8 Å². The van der Waals surface area contributed by atoms with Crippen LogP contribution in [0.5, 0.6) is 0 Å². The molecule has 0 amide bonds. The SMILES string of the molecule is CN=C(NCc1cccc(COC(C)(C)C)c1)NCc1ccc(S(C)(=O)=O)c(C)c1.I. The number of nitrogens with one attached hydrogen (secondary N) is 2. The Balaban J connectivity index is 0.00000480. The molecule has 0 aromatic heterocycles. The molecule has 31 heavy (non-hydrogen) atoms. The molecule has 0 aliphatic rings. The highest BCUT2D eigenvalue weighted by Gasteiger charge is 2.11. The van der Waals surface area contributed by atoms with E-state index >= 15 is 0 Å². The molecule has 0 fully saturated rings. The van der Waals surface area contributed by atoms with E-state index in [0.717, 1.165) is 22.3 Å². The summed E-state index contributed by atoms with van der Waals surface area (Å²) in [6, 6.07) is 13.6. The molecule has 2 aromatic carbocycles. The maximum atomic E-state index is 11.8. The van der Waals surface area contributed by atoms with E-state index < -0.39 is 9.84 Å². The Bertz CT molecular complexity index is 999. The molecule has 0 aliphatic carbocycles. The van der Waals surface area contributed by atoms with Crippen molar-refractivity contribution in [2.75, 3.05) is 13.3 Å². The van der Waals surface area contributed by atoms with E-state index in [1.54, 1.807) is 13.1 Å². The maximum Gasteiger partial charge on any atom is 0.191 e. The third-order valence-corrected chi connectivity index (χ3v) is 5.70. The van der Waals surface area contributed by atoms with Crippen molar-refractivity contribution in [2.45, 2.75) is 57.9 Å². The molecule has 0 heterocycles. The number of halogens is 1. The van der Waals surface area contributed by atoms with Crippen LogP contribution in [-0.2, 0) is 34.3 Å². The molecule has 0 bridgehead atoms. The molecule has 0 spiro atoms. The second-order valence-electron chi connectivity index (χ2n) is 8.37. The fourth-order valence-corrected chi connectivity index (χ4v) is 3.92. The highest BCUT2D eigenvalue weighted by Crippen LogP contribution is 2.16. The van der Waals surface area contributed by atoms with Gasteiger partial charge >= 0.3 is 0 Å². The van der Waals surface area contributed by atoms with Crippen molar-refractivity contribution >= 4 is 39.8 Å². The van der Waals surface area contributed by atoms with Gasteiger partial charge in [-0.15, -0.1) is 24.0 Å². The molecule has 0 atom stereocenters. The lowest BCUT2D eigenvalue weighted by atomic mass is 10.1. The first-order chi connectivity index (χ1) is 14.0. The van der Waals surface area contributed by atoms with Gasteiger partial charge in [0.05, 0.1) is 17.1 Å². The molecule has 2 N–H and O–H groups in total. The zero-order chi connectivity index (χ0) is 22.4. The molecule has 172 valence electrons. The second kappa shape index (κ2) is 11.8. The molecule has 0 saturated carbocycles. The topological polar surface area (TPSA) is 79.8 Å². The molecular weight excluding hydrogens is 525 g/mol. The number of aliphatic imine (C=N–C) groups is 1. The standard InChI is InChI=1S/C23H33N3O3S.HI/c1-17-12-19(10-11-21(17)30(6,27)28)15-26-22(24-5)25-14-18-8-7-9-20(13-18)16-29-23(2,3)4;/h7-13H,14-16H2,1-6H3,(H2,24,25,26);1H. The van der Waals surface area contributed by atoms with Gasteiger partial charge in [-0.3, -0.25) is 4.99 Å². The summed E-state index contributed by atoms with van der Waals surface area (Å²) < 4.78 is 29.4. The Morgan fingerprint density at radius 3 is 2.10 bits per heavy atom. The number of hydrogen-bond donors (Lipinski definition) is 2. The summed E-state index contributed by atoms with van der Waals surface area (Å²) in [6.07, 6.45) is 1.23. The highest BCUT2D eigenvalue weighted by molar-refractivity contribution is 14.0. The van der Waals surface area contributed by atoms with Gasteiger partial charge < -0.3 is 15.4 Å². The third kappa shape index (κ3) is 9.57. The van der Waals surface area contributed by atoms with Crippen LogP contribution in [-0.4, -0.2) is 33.3 Å². The molecule has 6 nitrogen and oxygen atoms in total. The Morgan fingerprint density at radius 1 is 1.00 bits per heavy atom. The molecule has 0 radical (unpaired) electrons. The first kappa shape index (κ1) is 27.4. The minimum atomic E-state index is -3.21. The zero-order valence-electron chi connectivity index (χ0n) is 19.2. The first-order valence-electron chi connectivity index (χ1n) is 9.94. The predicted octanol–water partition coefficient (Wildman–Crippen LogP) is 4.20. The monoisotopic (exact) mass is 559 g/mol. The van der Waals surface area contributed by atoms with E-state index in [-0.39, 0.29) is 29.6 Å². The highest BCUT2D eigenvalue weighted by atomic mass is 127. The molecular formula is C23H34IN3O3S. The molecule has 0 saturated heterocycles. The van der Waals surface area contributed by atoms with Gasteiger partial charge in [0.25, 0.3) is 0 Å². The van der Waals surface area contributed by atoms with Crippen LogP contribution in [0.2, 0.25) is 0 Å². The summed E-state index contributed by atoms with van der Waals surface area (Å²) >= 11 is 0. The van der Waals surface area contributed by atoms with Gasteiger partial charge in [0.1, 0.15) is 0 Å². The Hall–Kier alpha value is -1.65. The smallest absolute Gasteiger partial charge is 0.191 e. The van der Waals surface area contributed by atoms with Crippen molar-refractivity contribution in [3.05, 3.63) is 64.7 Å². The predicted molar refractivity (Wildman–Crippen MR) is 138 cm³/mol. The van der Waals surface area contributed by atoms with Gasteiger partial charge in [0.2, 0.25) is 0 Å². The molecule has 0 aliphatic heterocycles. The number of guanidine groups is 1. The fourth-order valence-electron chi connectivity index (χ4n) is 2.96. The van der Waals surface area contributed by atoms with E-state index in [1.807, 2.05) is 45.9 Å². The van der Waals surface area contributed by atoms with Crippen molar-refractivity contribution in [2.24, 2.45) is 4.99 Å². The van der Waals surface area contributed by atoms with Gasteiger partial charge in [-0.25, -0.2) is 8.42 Å². The summed E-state index contributed by atoms with van der Waals surface area (Å²) in [7, 11) is -1.48. The Morgan fingerprint density at radius 2 is 1.58 bits per heavy atom. The first-order valence-corrected chi connectivity index (χ1v) is 11.8. The van der Waals surface area contributed by atoms with Gasteiger partial charge in [-0.2, -0.15) is 0 Å². The summed E-state index contributed by atoms with van der Waals surface area (Å²) in [4.78, 5) is 4.63. The van der Waals surface area contributed by atoms with Crippen molar-refractivity contribution in [3.63, 3.8) is 0 Å². The van der Waals surface area contributed by atoms with Crippen molar-refractivity contribution in [1.29, 1.82) is 0 Å². The van der Waals surface area contributed by atoms with Crippen LogP contribution in [0.4, 0.5) is 0 Å². The van der Waals surface area contributed by atoms with Crippen LogP contribution in [0.1, 0.15) is 43.0 Å². The average Bonchev–Trinajstić information content (AvgIpc) is 2.65. The number of rotatable bonds is 7. The lowest BCUT2D eigenvalue weighted by Crippen LogP contribution is -2.36. The maximum absolute atomic E-state index is 11.8. The lowest BCUT2D eigenvalue weighted by Gasteiger charge is -2.19. The minimum Gasteiger partial charge on any atom is -0.371 e. The van der Waals surface area contributed by atoms with Crippen LogP contribution in [0.3, 0.4) is 0 Å². The third-order valence-electron chi connectivity index (χ3n) is 4.45. The van der Waals surface area contributed by atoms with E-state index in [2.05, 4.69) is 33.8 Å². The molecule has 2 aromatic rings. The quantitative estimate of drug-likeness (QED) is 0.302. The van der Waals surface area contributed by atoms with Crippen molar-refractivity contribution in [1.82, 2.24) is 10.6 Å². The van der Waals surface area contributed by atoms with E-state index in [0.29, 0.717) is 30.6 Å². The van der Waals surface area contributed by atoms with Crippen LogP contribution in [0.15, 0.2) is 52.4 Å². The van der Waals surface area contributed by atoms with E-state index in [4.69, 9.17) is 4.74 Å². The van der Waals surface area contributed by atoms with Gasteiger partial charge in [0, 0.05) is 26.4 Å². The van der Waals surface area contributed by atoms with E-state index in [1.165, 1.54) is 6.26 Å². The number of hydrogen-bond acceptors (Lipinski definition) is 4. The number of aryl methyl sites for hydroxylation is 1.